The fourth-order valence-electron chi connectivity index (χ4n) is 3.76. The lowest BCUT2D eigenvalue weighted by Gasteiger charge is -2.33. The Hall–Kier alpha value is -2.49. The number of hydrogen-bond acceptors (Lipinski definition) is 6. The van der Waals surface area contributed by atoms with Crippen molar-refractivity contribution >= 4 is 34.7 Å². The van der Waals surface area contributed by atoms with Gasteiger partial charge in [0.1, 0.15) is 17.5 Å². The van der Waals surface area contributed by atoms with E-state index in [1.807, 2.05) is 7.05 Å². The largest absolute Gasteiger partial charge is 0.490 e. The number of allylic oxidation sites excluding steroid dienone is 1. The van der Waals surface area contributed by atoms with Crippen molar-refractivity contribution in [1.82, 2.24) is 10.3 Å². The van der Waals surface area contributed by atoms with Gasteiger partial charge in [-0.25, -0.2) is 18.2 Å². The number of hydrogen-bond donors (Lipinski definition) is 2. The molecular formula is C23H22F3N3OS2. The van der Waals surface area contributed by atoms with Crippen LogP contribution in [0, 0.1) is 23.4 Å². The highest BCUT2D eigenvalue weighted by Crippen LogP contribution is 2.35. The topological polar surface area (TPSA) is 46.2 Å². The fourth-order valence-corrected chi connectivity index (χ4v) is 4.97. The first-order valence-corrected chi connectivity index (χ1v) is 11.9. The van der Waals surface area contributed by atoms with Gasteiger partial charge in [0, 0.05) is 23.4 Å². The molecule has 32 heavy (non-hydrogen) atoms. The van der Waals surface area contributed by atoms with Crippen LogP contribution >= 0.6 is 23.3 Å². The summed E-state index contributed by atoms with van der Waals surface area (Å²) in [5, 5.41) is 5.06. The minimum atomic E-state index is -0.641. The van der Waals surface area contributed by atoms with E-state index in [2.05, 4.69) is 21.1 Å². The van der Waals surface area contributed by atoms with Crippen molar-refractivity contribution in [2.45, 2.75) is 23.8 Å². The third-order valence-electron chi connectivity index (χ3n) is 5.38. The Kier molecular flexibility index (Phi) is 7.39. The molecule has 1 aliphatic rings. The monoisotopic (exact) mass is 477 g/mol. The summed E-state index contributed by atoms with van der Waals surface area (Å²) >= 11 is 2.35. The first-order valence-electron chi connectivity index (χ1n) is 10.1. The fraction of sp³-hybridized carbons (Fsp3) is 0.261. The molecule has 0 bridgehead atoms. The average Bonchev–Trinajstić information content (AvgIpc) is 3.32. The number of nitrogens with one attached hydrogen (secondary N) is 2. The minimum absolute atomic E-state index is 0.0953. The Bertz CT molecular complexity index is 1070. The van der Waals surface area contributed by atoms with Crippen molar-refractivity contribution in [1.29, 1.82) is 0 Å². The highest BCUT2D eigenvalue weighted by molar-refractivity contribution is 8.00. The lowest BCUT2D eigenvalue weighted by atomic mass is 9.80. The van der Waals surface area contributed by atoms with E-state index in [0.29, 0.717) is 5.82 Å². The first-order chi connectivity index (χ1) is 15.5. The number of ether oxygens (including phenoxy) is 1. The van der Waals surface area contributed by atoms with Gasteiger partial charge in [-0.2, -0.15) is 0 Å². The van der Waals surface area contributed by atoms with Crippen LogP contribution in [0.15, 0.2) is 58.3 Å². The zero-order valence-electron chi connectivity index (χ0n) is 17.3. The van der Waals surface area contributed by atoms with Gasteiger partial charge in [-0.15, -0.1) is 11.3 Å². The van der Waals surface area contributed by atoms with Gasteiger partial charge in [-0.3, -0.25) is 0 Å². The Morgan fingerprint density at radius 3 is 2.69 bits per heavy atom. The van der Waals surface area contributed by atoms with Crippen molar-refractivity contribution < 1.29 is 17.9 Å². The maximum atomic E-state index is 14.7. The number of halogens is 3. The molecule has 168 valence electrons. The normalized spacial score (nSPS) is 18.3. The van der Waals surface area contributed by atoms with E-state index in [4.69, 9.17) is 4.74 Å². The summed E-state index contributed by atoms with van der Waals surface area (Å²) in [6.45, 7) is 0.161. The summed E-state index contributed by atoms with van der Waals surface area (Å²) in [5.41, 5.74) is 3.55. The third kappa shape index (κ3) is 5.28. The second-order valence-corrected chi connectivity index (χ2v) is 8.91. The SMILES string of the molecule is CNC1CCC=C(c2ccc(F)cc2)C1COc1cc(F)c(SNc2cscn2)cc1F. The molecule has 4 rings (SSSR count). The van der Waals surface area contributed by atoms with Gasteiger partial charge in [0.25, 0.3) is 0 Å². The van der Waals surface area contributed by atoms with Gasteiger partial charge in [0.2, 0.25) is 0 Å². The van der Waals surface area contributed by atoms with Gasteiger partial charge >= 0.3 is 0 Å². The molecule has 2 atom stereocenters. The van der Waals surface area contributed by atoms with Gasteiger partial charge in [-0.05, 0) is 61.2 Å². The van der Waals surface area contributed by atoms with Crippen LogP contribution < -0.4 is 14.8 Å². The molecule has 0 spiro atoms. The average molecular weight is 478 g/mol. The maximum absolute atomic E-state index is 14.7. The van der Waals surface area contributed by atoms with Crippen LogP contribution in [0.1, 0.15) is 18.4 Å². The van der Waals surface area contributed by atoms with Crippen molar-refractivity contribution in [2.24, 2.45) is 5.92 Å². The highest BCUT2D eigenvalue weighted by Gasteiger charge is 2.29. The quantitative estimate of drug-likeness (QED) is 0.382. The lowest BCUT2D eigenvalue weighted by molar-refractivity contribution is 0.231. The molecule has 0 amide bonds. The second kappa shape index (κ2) is 10.4. The Morgan fingerprint density at radius 2 is 1.97 bits per heavy atom. The number of rotatable bonds is 8. The predicted octanol–water partition coefficient (Wildman–Crippen LogP) is 6.14. The number of aromatic nitrogens is 1. The standard InChI is InChI=1S/C23H22F3N3OS2/c1-27-20-4-2-3-16(14-5-7-15(24)8-6-14)17(20)11-30-21-9-19(26)22(10-18(21)25)32-29-23-12-31-13-28-23/h3,5-10,12-13,17,20,27,29H,2,4,11H2,1H3. The van der Waals surface area contributed by atoms with Crippen LogP contribution in [0.4, 0.5) is 19.0 Å². The summed E-state index contributed by atoms with van der Waals surface area (Å²) < 4.78 is 51.2. The van der Waals surface area contributed by atoms with Gasteiger partial charge < -0.3 is 14.8 Å². The van der Waals surface area contributed by atoms with Crippen LogP contribution in [0.2, 0.25) is 0 Å². The third-order valence-corrected chi connectivity index (χ3v) is 6.81. The van der Waals surface area contributed by atoms with Gasteiger partial charge in [-0.1, -0.05) is 18.2 Å². The number of nitrogens with zero attached hydrogens (tertiary/aromatic N) is 1. The predicted molar refractivity (Wildman–Crippen MR) is 123 cm³/mol. The Morgan fingerprint density at radius 1 is 1.16 bits per heavy atom. The molecule has 4 nitrogen and oxygen atoms in total. The summed E-state index contributed by atoms with van der Waals surface area (Å²) in [7, 11) is 1.87. The molecule has 0 aliphatic heterocycles. The summed E-state index contributed by atoms with van der Waals surface area (Å²) in [5.74, 6) is -1.18. The number of benzene rings is 2. The van der Waals surface area contributed by atoms with Crippen LogP contribution in [0.5, 0.6) is 5.75 Å². The van der Waals surface area contributed by atoms with Gasteiger partial charge in [0.05, 0.1) is 17.0 Å². The minimum Gasteiger partial charge on any atom is -0.490 e. The molecule has 1 heterocycles. The zero-order chi connectivity index (χ0) is 22.5. The summed E-state index contributed by atoms with van der Waals surface area (Å²) in [6, 6.07) is 8.58. The van der Waals surface area contributed by atoms with Crippen molar-refractivity contribution in [3.05, 3.63) is 76.4 Å². The number of anilines is 1. The van der Waals surface area contributed by atoms with E-state index >= 15 is 0 Å². The van der Waals surface area contributed by atoms with Crippen molar-refractivity contribution in [2.75, 3.05) is 18.4 Å². The molecule has 9 heteroatoms. The zero-order valence-corrected chi connectivity index (χ0v) is 18.9. The molecule has 0 radical (unpaired) electrons. The van der Waals surface area contributed by atoms with Crippen LogP contribution in [0.25, 0.3) is 5.57 Å². The van der Waals surface area contributed by atoms with Gasteiger partial charge in [0.15, 0.2) is 11.6 Å². The van der Waals surface area contributed by atoms with Crippen molar-refractivity contribution in [3.63, 3.8) is 0 Å². The lowest BCUT2D eigenvalue weighted by Crippen LogP contribution is -2.39. The van der Waals surface area contributed by atoms with Crippen LogP contribution in [0.3, 0.4) is 0 Å². The molecule has 0 fully saturated rings. The molecule has 1 aliphatic carbocycles. The Balaban J connectivity index is 1.48. The smallest absolute Gasteiger partial charge is 0.166 e. The van der Waals surface area contributed by atoms with E-state index in [-0.39, 0.29) is 35.0 Å². The molecule has 1 aromatic heterocycles. The van der Waals surface area contributed by atoms with E-state index in [0.717, 1.165) is 48.1 Å². The molecular weight excluding hydrogens is 455 g/mol. The van der Waals surface area contributed by atoms with E-state index < -0.39 is 11.6 Å². The molecule has 2 aromatic carbocycles. The van der Waals surface area contributed by atoms with Crippen LogP contribution in [-0.4, -0.2) is 24.7 Å². The molecule has 0 saturated heterocycles. The van der Waals surface area contributed by atoms with E-state index in [1.165, 1.54) is 23.5 Å². The second-order valence-electron chi connectivity index (χ2n) is 7.35. The molecule has 3 aromatic rings. The molecule has 2 unspecified atom stereocenters. The molecule has 0 saturated carbocycles. The highest BCUT2D eigenvalue weighted by atomic mass is 32.2. The maximum Gasteiger partial charge on any atom is 0.166 e. The van der Waals surface area contributed by atoms with Crippen LogP contribution in [-0.2, 0) is 0 Å². The summed E-state index contributed by atoms with van der Waals surface area (Å²) in [6.07, 6.45) is 3.87. The Labute approximate surface area is 193 Å². The molecule has 2 N–H and O–H groups in total. The first kappa shape index (κ1) is 22.7. The van der Waals surface area contributed by atoms with Crippen molar-refractivity contribution in [3.8, 4) is 5.75 Å². The summed E-state index contributed by atoms with van der Waals surface area (Å²) in [4.78, 5) is 4.16. The van der Waals surface area contributed by atoms with E-state index in [1.54, 1.807) is 23.0 Å². The van der Waals surface area contributed by atoms with E-state index in [9.17, 15) is 13.2 Å². The number of thiazole rings is 1.